The Morgan fingerprint density at radius 2 is 1.86 bits per heavy atom. The van der Waals surface area contributed by atoms with Crippen LogP contribution in [0.4, 0.5) is 0 Å². The second kappa shape index (κ2) is 6.97. The van der Waals surface area contributed by atoms with Crippen LogP contribution in [0.3, 0.4) is 0 Å². The summed E-state index contributed by atoms with van der Waals surface area (Å²) < 4.78 is 3.48. The molecule has 0 spiro atoms. The summed E-state index contributed by atoms with van der Waals surface area (Å²) in [5, 5.41) is 9.57. The van der Waals surface area contributed by atoms with Crippen LogP contribution in [0, 0.1) is 17.3 Å². The number of likely N-dealkylation sites (tertiary alicyclic amines) is 1. The number of aliphatic hydroxyl groups is 1. The standard InChI is InChI=1S/C22H32N4O3/c1-13(27)20(28)25-10-15-8-14(9-16(15)11-25)17-6-7-18-19(23-17)24(5)21(29)26(18)12-22(2,3)4/h6-7,13-16,27H,8-12H2,1-5H3/t13-,14?,15?,16?/m0/s1. The van der Waals surface area contributed by atoms with E-state index in [1.54, 1.807) is 11.6 Å². The number of imidazole rings is 1. The van der Waals surface area contributed by atoms with Crippen LogP contribution in [-0.2, 0) is 18.4 Å². The van der Waals surface area contributed by atoms with Gasteiger partial charge in [0.05, 0.1) is 5.52 Å². The zero-order chi connectivity index (χ0) is 21.1. The van der Waals surface area contributed by atoms with Gasteiger partial charge in [0.15, 0.2) is 5.65 Å². The van der Waals surface area contributed by atoms with Crippen LogP contribution in [0.5, 0.6) is 0 Å². The number of aromatic nitrogens is 3. The third-order valence-electron chi connectivity index (χ3n) is 6.47. The molecule has 1 saturated heterocycles. The fourth-order valence-electron chi connectivity index (χ4n) is 5.13. The van der Waals surface area contributed by atoms with Gasteiger partial charge in [-0.1, -0.05) is 20.8 Å². The summed E-state index contributed by atoms with van der Waals surface area (Å²) in [5.74, 6) is 1.13. The van der Waals surface area contributed by atoms with Crippen molar-refractivity contribution in [3.63, 3.8) is 0 Å². The van der Waals surface area contributed by atoms with Crippen molar-refractivity contribution in [3.8, 4) is 0 Å². The third kappa shape index (κ3) is 3.61. The molecule has 1 N–H and O–H groups in total. The van der Waals surface area contributed by atoms with Crippen molar-refractivity contribution in [1.29, 1.82) is 0 Å². The molecule has 4 rings (SSSR count). The molecule has 2 aliphatic rings. The Morgan fingerprint density at radius 3 is 2.41 bits per heavy atom. The minimum absolute atomic E-state index is 0.00898. The van der Waals surface area contributed by atoms with Gasteiger partial charge in [0.2, 0.25) is 0 Å². The van der Waals surface area contributed by atoms with Crippen molar-refractivity contribution < 1.29 is 9.90 Å². The Morgan fingerprint density at radius 1 is 1.24 bits per heavy atom. The highest BCUT2D eigenvalue weighted by Crippen LogP contribution is 2.46. The van der Waals surface area contributed by atoms with Gasteiger partial charge in [-0.2, -0.15) is 0 Å². The molecule has 2 unspecified atom stereocenters. The average Bonchev–Trinajstić information content (AvgIpc) is 3.27. The van der Waals surface area contributed by atoms with Crippen molar-refractivity contribution >= 4 is 17.1 Å². The molecule has 1 amide bonds. The van der Waals surface area contributed by atoms with E-state index in [-0.39, 0.29) is 17.0 Å². The molecule has 2 aromatic rings. The van der Waals surface area contributed by atoms with E-state index in [9.17, 15) is 14.7 Å². The van der Waals surface area contributed by atoms with Crippen LogP contribution in [0.25, 0.3) is 11.2 Å². The molecule has 7 heteroatoms. The van der Waals surface area contributed by atoms with Crippen LogP contribution < -0.4 is 5.69 Å². The van der Waals surface area contributed by atoms with Crippen LogP contribution in [0.2, 0.25) is 0 Å². The van der Waals surface area contributed by atoms with Gasteiger partial charge in [-0.3, -0.25) is 13.9 Å². The summed E-state index contributed by atoms with van der Waals surface area (Å²) in [6.07, 6.45) is 1.08. The lowest BCUT2D eigenvalue weighted by molar-refractivity contribution is -0.138. The molecule has 0 radical (unpaired) electrons. The number of hydrogen-bond donors (Lipinski definition) is 1. The first-order valence-corrected chi connectivity index (χ1v) is 10.6. The van der Waals surface area contributed by atoms with E-state index in [0.29, 0.717) is 24.3 Å². The molecule has 0 aromatic carbocycles. The molecule has 29 heavy (non-hydrogen) atoms. The Hall–Kier alpha value is -2.15. The predicted molar refractivity (Wildman–Crippen MR) is 112 cm³/mol. The maximum Gasteiger partial charge on any atom is 0.330 e. The van der Waals surface area contributed by atoms with Gasteiger partial charge >= 0.3 is 5.69 Å². The number of carbonyl (C=O) groups is 1. The van der Waals surface area contributed by atoms with Gasteiger partial charge < -0.3 is 10.0 Å². The van der Waals surface area contributed by atoms with Crippen molar-refractivity contribution in [1.82, 2.24) is 19.0 Å². The van der Waals surface area contributed by atoms with Crippen molar-refractivity contribution in [2.45, 2.75) is 59.1 Å². The number of aryl methyl sites for hydroxylation is 1. The molecule has 1 aliphatic carbocycles. The average molecular weight is 401 g/mol. The first kappa shape index (κ1) is 20.1. The quantitative estimate of drug-likeness (QED) is 0.856. The summed E-state index contributed by atoms with van der Waals surface area (Å²) in [5.41, 5.74) is 2.68. The molecule has 1 aliphatic heterocycles. The number of hydrogen-bond acceptors (Lipinski definition) is 4. The van der Waals surface area contributed by atoms with Crippen LogP contribution in [0.15, 0.2) is 16.9 Å². The van der Waals surface area contributed by atoms with Gasteiger partial charge in [-0.15, -0.1) is 0 Å². The number of amides is 1. The highest BCUT2D eigenvalue weighted by Gasteiger charge is 2.43. The molecule has 7 nitrogen and oxygen atoms in total. The number of nitrogens with zero attached hydrogens (tertiary/aromatic N) is 4. The monoisotopic (exact) mass is 400 g/mol. The lowest BCUT2D eigenvalue weighted by atomic mass is 9.97. The number of pyridine rings is 1. The fraction of sp³-hybridized carbons (Fsp3) is 0.682. The van der Waals surface area contributed by atoms with Crippen LogP contribution in [0.1, 0.15) is 52.1 Å². The summed E-state index contributed by atoms with van der Waals surface area (Å²) in [6, 6.07) is 4.12. The Labute approximate surface area is 171 Å². The highest BCUT2D eigenvalue weighted by molar-refractivity contribution is 5.80. The van der Waals surface area contributed by atoms with E-state index in [4.69, 9.17) is 4.98 Å². The molecule has 3 heterocycles. The molecule has 0 bridgehead atoms. The van der Waals surface area contributed by atoms with E-state index < -0.39 is 6.10 Å². The lowest BCUT2D eigenvalue weighted by Gasteiger charge is -2.20. The van der Waals surface area contributed by atoms with Gasteiger partial charge in [0.25, 0.3) is 5.91 Å². The van der Waals surface area contributed by atoms with E-state index in [2.05, 4.69) is 26.8 Å². The minimum Gasteiger partial charge on any atom is -0.384 e. The van der Waals surface area contributed by atoms with Crippen molar-refractivity contribution in [2.24, 2.45) is 24.3 Å². The summed E-state index contributed by atoms with van der Waals surface area (Å²) in [4.78, 5) is 31.5. The number of rotatable bonds is 3. The van der Waals surface area contributed by atoms with Crippen LogP contribution >= 0.6 is 0 Å². The normalized spacial score (nSPS) is 25.6. The predicted octanol–water partition coefficient (Wildman–Crippen LogP) is 2.11. The SMILES string of the molecule is C[C@H](O)C(=O)N1CC2CC(c3ccc4c(n3)n(C)c(=O)n4CC(C)(C)C)CC2C1. The summed E-state index contributed by atoms with van der Waals surface area (Å²) in [7, 11) is 1.80. The maximum atomic E-state index is 12.7. The molecule has 2 aromatic heterocycles. The molecule has 2 fully saturated rings. The number of fused-ring (bicyclic) bond motifs is 2. The van der Waals surface area contributed by atoms with E-state index in [1.165, 1.54) is 6.92 Å². The summed E-state index contributed by atoms with van der Waals surface area (Å²) >= 11 is 0. The molecular weight excluding hydrogens is 368 g/mol. The smallest absolute Gasteiger partial charge is 0.330 e. The van der Waals surface area contributed by atoms with Crippen LogP contribution in [-0.4, -0.2) is 49.2 Å². The van der Waals surface area contributed by atoms with Crippen molar-refractivity contribution in [3.05, 3.63) is 28.3 Å². The second-order valence-electron chi connectivity index (χ2n) is 10.2. The van der Waals surface area contributed by atoms with E-state index in [0.717, 1.165) is 42.8 Å². The first-order chi connectivity index (χ1) is 13.5. The number of carbonyl (C=O) groups excluding carboxylic acids is 1. The van der Waals surface area contributed by atoms with Crippen molar-refractivity contribution in [2.75, 3.05) is 13.1 Å². The third-order valence-corrected chi connectivity index (χ3v) is 6.47. The second-order valence-corrected chi connectivity index (χ2v) is 10.2. The highest BCUT2D eigenvalue weighted by atomic mass is 16.3. The van der Waals surface area contributed by atoms with E-state index in [1.807, 2.05) is 15.5 Å². The fourth-order valence-corrected chi connectivity index (χ4v) is 5.13. The van der Waals surface area contributed by atoms with Gasteiger partial charge in [0, 0.05) is 38.3 Å². The lowest BCUT2D eigenvalue weighted by Crippen LogP contribution is -2.36. The number of aliphatic hydroxyl groups excluding tert-OH is 1. The molecular formula is C22H32N4O3. The minimum atomic E-state index is -0.924. The molecule has 3 atom stereocenters. The zero-order valence-electron chi connectivity index (χ0n) is 18.1. The Kier molecular flexibility index (Phi) is 4.84. The topological polar surface area (TPSA) is 80.4 Å². The van der Waals surface area contributed by atoms with E-state index >= 15 is 0 Å². The Bertz CT molecular complexity index is 984. The van der Waals surface area contributed by atoms with Gasteiger partial charge in [-0.05, 0) is 49.1 Å². The molecule has 1 saturated carbocycles. The van der Waals surface area contributed by atoms with Gasteiger partial charge in [-0.25, -0.2) is 9.78 Å². The largest absolute Gasteiger partial charge is 0.384 e. The maximum absolute atomic E-state index is 12.7. The van der Waals surface area contributed by atoms with Gasteiger partial charge in [0.1, 0.15) is 6.10 Å². The first-order valence-electron chi connectivity index (χ1n) is 10.6. The zero-order valence-corrected chi connectivity index (χ0v) is 18.1. The molecule has 158 valence electrons. The Balaban J connectivity index is 1.56. The summed E-state index contributed by atoms with van der Waals surface area (Å²) in [6.45, 7) is 10.0.